The highest BCUT2D eigenvalue weighted by Crippen LogP contribution is 2.32. The number of rotatable bonds is 4. The molecule has 0 saturated heterocycles. The van der Waals surface area contributed by atoms with Gasteiger partial charge in [-0.15, -0.1) is 0 Å². The van der Waals surface area contributed by atoms with Gasteiger partial charge in [-0.25, -0.2) is 13.2 Å². The lowest BCUT2D eigenvalue weighted by Crippen LogP contribution is -2.15. The summed E-state index contributed by atoms with van der Waals surface area (Å²) < 4.78 is 40.1. The molecule has 1 nitrogen and oxygen atoms in total. The van der Waals surface area contributed by atoms with Crippen molar-refractivity contribution in [3.05, 3.63) is 58.4 Å². The van der Waals surface area contributed by atoms with E-state index in [0.717, 1.165) is 11.6 Å². The number of benzene rings is 2. The third-order valence-corrected chi connectivity index (χ3v) is 3.84. The number of nitrogens with one attached hydrogen (secondary N) is 1. The standard InChI is InChI=1S/C16H13ClF3N/c17-13-7-9(8-21-10-2-3-10)1-4-11(13)12-5-6-14(18)16(20)15(12)19/h1,4-7,10,21H,2-3,8H2. The van der Waals surface area contributed by atoms with Crippen molar-refractivity contribution in [2.45, 2.75) is 25.4 Å². The Morgan fingerprint density at radius 1 is 1.00 bits per heavy atom. The second kappa shape index (κ2) is 5.70. The highest BCUT2D eigenvalue weighted by molar-refractivity contribution is 6.33. The van der Waals surface area contributed by atoms with E-state index in [1.165, 1.54) is 18.9 Å². The SMILES string of the molecule is Fc1ccc(-c2ccc(CNC3CC3)cc2Cl)c(F)c1F. The van der Waals surface area contributed by atoms with Gasteiger partial charge in [0.1, 0.15) is 0 Å². The molecule has 0 aliphatic heterocycles. The minimum Gasteiger partial charge on any atom is -0.310 e. The molecule has 1 aliphatic rings. The Balaban J connectivity index is 1.89. The van der Waals surface area contributed by atoms with Crippen LogP contribution < -0.4 is 5.32 Å². The van der Waals surface area contributed by atoms with E-state index in [1.54, 1.807) is 18.2 Å². The van der Waals surface area contributed by atoms with Gasteiger partial charge in [0.2, 0.25) is 0 Å². The summed E-state index contributed by atoms with van der Waals surface area (Å²) in [5.74, 6) is -3.92. The second-order valence-corrected chi connectivity index (χ2v) is 5.60. The maximum absolute atomic E-state index is 13.8. The molecule has 0 atom stereocenters. The van der Waals surface area contributed by atoms with Gasteiger partial charge in [-0.2, -0.15) is 0 Å². The van der Waals surface area contributed by atoms with Gasteiger partial charge in [0, 0.05) is 28.7 Å². The average molecular weight is 312 g/mol. The monoisotopic (exact) mass is 311 g/mol. The van der Waals surface area contributed by atoms with Crippen LogP contribution in [-0.4, -0.2) is 6.04 Å². The Kier molecular flexibility index (Phi) is 3.91. The number of hydrogen-bond acceptors (Lipinski definition) is 1. The molecule has 1 aliphatic carbocycles. The van der Waals surface area contributed by atoms with Crippen molar-refractivity contribution >= 4 is 11.6 Å². The molecule has 0 aromatic heterocycles. The summed E-state index contributed by atoms with van der Waals surface area (Å²) in [6, 6.07) is 7.81. The zero-order valence-electron chi connectivity index (χ0n) is 11.1. The highest BCUT2D eigenvalue weighted by Gasteiger charge is 2.20. The third kappa shape index (κ3) is 3.06. The van der Waals surface area contributed by atoms with Gasteiger partial charge in [-0.05, 0) is 36.6 Å². The van der Waals surface area contributed by atoms with Crippen LogP contribution in [-0.2, 0) is 6.54 Å². The van der Waals surface area contributed by atoms with Gasteiger partial charge in [0.15, 0.2) is 17.5 Å². The van der Waals surface area contributed by atoms with Crippen molar-refractivity contribution in [2.75, 3.05) is 0 Å². The van der Waals surface area contributed by atoms with Gasteiger partial charge in [-0.3, -0.25) is 0 Å². The summed E-state index contributed by atoms with van der Waals surface area (Å²) >= 11 is 6.15. The highest BCUT2D eigenvalue weighted by atomic mass is 35.5. The average Bonchev–Trinajstić information content (AvgIpc) is 3.28. The van der Waals surface area contributed by atoms with Crippen LogP contribution in [0.2, 0.25) is 5.02 Å². The molecule has 0 amide bonds. The van der Waals surface area contributed by atoms with Crippen LogP contribution in [0, 0.1) is 17.5 Å². The van der Waals surface area contributed by atoms with Crippen LogP contribution in [0.4, 0.5) is 13.2 Å². The predicted octanol–water partition coefficient (Wildman–Crippen LogP) is 4.68. The molecule has 0 bridgehead atoms. The van der Waals surface area contributed by atoms with E-state index in [0.29, 0.717) is 23.2 Å². The number of hydrogen-bond donors (Lipinski definition) is 1. The molecule has 3 rings (SSSR count). The van der Waals surface area contributed by atoms with Crippen molar-refractivity contribution in [1.82, 2.24) is 5.32 Å². The molecule has 1 N–H and O–H groups in total. The Hall–Kier alpha value is -1.52. The predicted molar refractivity (Wildman–Crippen MR) is 76.6 cm³/mol. The fraction of sp³-hybridized carbons (Fsp3) is 0.250. The van der Waals surface area contributed by atoms with Crippen LogP contribution in [0.3, 0.4) is 0 Å². The molecule has 0 radical (unpaired) electrons. The molecule has 2 aromatic rings. The fourth-order valence-electron chi connectivity index (χ4n) is 2.17. The van der Waals surface area contributed by atoms with Crippen molar-refractivity contribution < 1.29 is 13.2 Å². The molecular weight excluding hydrogens is 299 g/mol. The lowest BCUT2D eigenvalue weighted by Gasteiger charge is -2.10. The molecule has 110 valence electrons. The van der Waals surface area contributed by atoms with Crippen LogP contribution >= 0.6 is 11.6 Å². The summed E-state index contributed by atoms with van der Waals surface area (Å²) in [6.45, 7) is 0.685. The lowest BCUT2D eigenvalue weighted by atomic mass is 10.0. The largest absolute Gasteiger partial charge is 0.310 e. The zero-order valence-corrected chi connectivity index (χ0v) is 11.9. The van der Waals surface area contributed by atoms with Gasteiger partial charge >= 0.3 is 0 Å². The Morgan fingerprint density at radius 3 is 2.38 bits per heavy atom. The molecule has 5 heteroatoms. The van der Waals surface area contributed by atoms with Gasteiger partial charge in [-0.1, -0.05) is 23.7 Å². The summed E-state index contributed by atoms with van der Waals surface area (Å²) in [5.41, 5.74) is 1.28. The second-order valence-electron chi connectivity index (χ2n) is 5.19. The summed E-state index contributed by atoms with van der Waals surface area (Å²) in [7, 11) is 0. The Bertz CT molecular complexity index is 683. The van der Waals surface area contributed by atoms with E-state index >= 15 is 0 Å². The minimum absolute atomic E-state index is 0.0411. The van der Waals surface area contributed by atoms with E-state index < -0.39 is 17.5 Å². The van der Waals surface area contributed by atoms with Crippen LogP contribution in [0.5, 0.6) is 0 Å². The maximum atomic E-state index is 13.8. The minimum atomic E-state index is -1.48. The topological polar surface area (TPSA) is 12.0 Å². The quantitative estimate of drug-likeness (QED) is 0.809. The van der Waals surface area contributed by atoms with E-state index in [9.17, 15) is 13.2 Å². The van der Waals surface area contributed by atoms with Gasteiger partial charge in [0.25, 0.3) is 0 Å². The van der Waals surface area contributed by atoms with Crippen LogP contribution in [0.15, 0.2) is 30.3 Å². The smallest absolute Gasteiger partial charge is 0.195 e. The van der Waals surface area contributed by atoms with Crippen molar-refractivity contribution in [1.29, 1.82) is 0 Å². The molecule has 0 unspecified atom stereocenters. The van der Waals surface area contributed by atoms with E-state index in [2.05, 4.69) is 5.32 Å². The maximum Gasteiger partial charge on any atom is 0.195 e. The van der Waals surface area contributed by atoms with Crippen molar-refractivity contribution in [2.24, 2.45) is 0 Å². The number of halogens is 4. The molecule has 1 saturated carbocycles. The van der Waals surface area contributed by atoms with Crippen LogP contribution in [0.25, 0.3) is 11.1 Å². The fourth-order valence-corrected chi connectivity index (χ4v) is 2.48. The summed E-state index contributed by atoms with van der Waals surface area (Å²) in [6.07, 6.45) is 2.37. The molecule has 1 fully saturated rings. The Labute approximate surface area is 125 Å². The van der Waals surface area contributed by atoms with E-state index in [1.807, 2.05) is 0 Å². The van der Waals surface area contributed by atoms with Crippen molar-refractivity contribution in [3.63, 3.8) is 0 Å². The summed E-state index contributed by atoms with van der Waals surface area (Å²) in [5, 5.41) is 3.66. The molecular formula is C16H13ClF3N. The molecule has 21 heavy (non-hydrogen) atoms. The first-order chi connectivity index (χ1) is 10.1. The van der Waals surface area contributed by atoms with Gasteiger partial charge in [0.05, 0.1) is 0 Å². The normalized spacial score (nSPS) is 14.5. The molecule has 0 spiro atoms. The first-order valence-electron chi connectivity index (χ1n) is 6.72. The first-order valence-corrected chi connectivity index (χ1v) is 7.09. The van der Waals surface area contributed by atoms with Crippen LogP contribution in [0.1, 0.15) is 18.4 Å². The third-order valence-electron chi connectivity index (χ3n) is 3.53. The van der Waals surface area contributed by atoms with E-state index in [-0.39, 0.29) is 5.56 Å². The zero-order chi connectivity index (χ0) is 15.0. The van der Waals surface area contributed by atoms with E-state index in [4.69, 9.17) is 11.6 Å². The summed E-state index contributed by atoms with van der Waals surface area (Å²) in [4.78, 5) is 0. The molecule has 2 aromatic carbocycles. The Morgan fingerprint density at radius 2 is 1.71 bits per heavy atom. The van der Waals surface area contributed by atoms with Crippen molar-refractivity contribution in [3.8, 4) is 11.1 Å². The molecule has 0 heterocycles. The lowest BCUT2D eigenvalue weighted by molar-refractivity contribution is 0.449. The van der Waals surface area contributed by atoms with Gasteiger partial charge < -0.3 is 5.32 Å². The first kappa shape index (κ1) is 14.4.